The zero-order valence-corrected chi connectivity index (χ0v) is 7.90. The van der Waals surface area contributed by atoms with Crippen LogP contribution in [0.1, 0.15) is 23.7 Å². The standard InChI is InChI=1S/C9H13N3O/c1-3-4-12(2)9-10-5-8(7-13)6-11-9/h5-7H,3-4H2,1-2H3. The molecule has 0 radical (unpaired) electrons. The Balaban J connectivity index is 2.73. The highest BCUT2D eigenvalue weighted by molar-refractivity contribution is 5.73. The number of aromatic nitrogens is 2. The van der Waals surface area contributed by atoms with Crippen molar-refractivity contribution in [1.82, 2.24) is 9.97 Å². The van der Waals surface area contributed by atoms with Crippen LogP contribution >= 0.6 is 0 Å². The Hall–Kier alpha value is -1.45. The second-order valence-corrected chi connectivity index (χ2v) is 2.86. The lowest BCUT2D eigenvalue weighted by atomic mass is 10.4. The van der Waals surface area contributed by atoms with Gasteiger partial charge >= 0.3 is 0 Å². The van der Waals surface area contributed by atoms with Crippen LogP contribution in [-0.4, -0.2) is 29.8 Å². The van der Waals surface area contributed by atoms with Crippen LogP contribution in [0.2, 0.25) is 0 Å². The molecule has 0 spiro atoms. The number of carbonyl (C=O) groups excluding carboxylic acids is 1. The summed E-state index contributed by atoms with van der Waals surface area (Å²) in [5.41, 5.74) is 0.508. The van der Waals surface area contributed by atoms with Crippen LogP contribution in [0, 0.1) is 0 Å². The van der Waals surface area contributed by atoms with Gasteiger partial charge in [-0.25, -0.2) is 9.97 Å². The lowest BCUT2D eigenvalue weighted by Crippen LogP contribution is -2.20. The fraction of sp³-hybridized carbons (Fsp3) is 0.444. The molecule has 0 bridgehead atoms. The summed E-state index contributed by atoms with van der Waals surface area (Å²) >= 11 is 0. The molecule has 13 heavy (non-hydrogen) atoms. The summed E-state index contributed by atoms with van der Waals surface area (Å²) in [6.45, 7) is 3.01. The van der Waals surface area contributed by atoms with Crippen LogP contribution in [0.5, 0.6) is 0 Å². The maximum Gasteiger partial charge on any atom is 0.225 e. The van der Waals surface area contributed by atoms with Gasteiger partial charge in [-0.2, -0.15) is 0 Å². The van der Waals surface area contributed by atoms with Gasteiger partial charge in [-0.05, 0) is 6.42 Å². The highest BCUT2D eigenvalue weighted by Gasteiger charge is 2.01. The van der Waals surface area contributed by atoms with Crippen molar-refractivity contribution >= 4 is 12.2 Å². The Morgan fingerprint density at radius 3 is 2.54 bits per heavy atom. The average molecular weight is 179 g/mol. The maximum absolute atomic E-state index is 10.3. The summed E-state index contributed by atoms with van der Waals surface area (Å²) in [5, 5.41) is 0. The lowest BCUT2D eigenvalue weighted by molar-refractivity contribution is 0.112. The first kappa shape index (κ1) is 9.64. The molecule has 0 aliphatic rings. The molecular formula is C9H13N3O. The summed E-state index contributed by atoms with van der Waals surface area (Å²) < 4.78 is 0. The number of aldehydes is 1. The Kier molecular flexibility index (Phi) is 3.37. The van der Waals surface area contributed by atoms with Gasteiger partial charge in [0.05, 0.1) is 5.56 Å². The van der Waals surface area contributed by atoms with Crippen molar-refractivity contribution in [2.45, 2.75) is 13.3 Å². The van der Waals surface area contributed by atoms with E-state index in [-0.39, 0.29) is 0 Å². The van der Waals surface area contributed by atoms with Gasteiger partial charge in [0.15, 0.2) is 6.29 Å². The first-order chi connectivity index (χ1) is 6.27. The van der Waals surface area contributed by atoms with Gasteiger partial charge in [-0.1, -0.05) is 6.92 Å². The van der Waals surface area contributed by atoms with Crippen LogP contribution < -0.4 is 4.90 Å². The van der Waals surface area contributed by atoms with E-state index in [0.29, 0.717) is 11.5 Å². The van der Waals surface area contributed by atoms with Gasteiger partial charge in [-0.15, -0.1) is 0 Å². The summed E-state index contributed by atoms with van der Waals surface area (Å²) in [6.07, 6.45) is 4.85. The van der Waals surface area contributed by atoms with Crippen LogP contribution in [0.25, 0.3) is 0 Å². The molecule has 0 aromatic carbocycles. The summed E-state index contributed by atoms with van der Waals surface area (Å²) in [5.74, 6) is 0.660. The molecule has 0 fully saturated rings. The highest BCUT2D eigenvalue weighted by atomic mass is 16.1. The molecule has 1 aromatic heterocycles. The Morgan fingerprint density at radius 1 is 1.46 bits per heavy atom. The molecule has 0 unspecified atom stereocenters. The highest BCUT2D eigenvalue weighted by Crippen LogP contribution is 2.03. The molecule has 4 heteroatoms. The predicted molar refractivity (Wildman–Crippen MR) is 51.0 cm³/mol. The molecule has 0 aliphatic heterocycles. The second-order valence-electron chi connectivity index (χ2n) is 2.86. The third-order valence-corrected chi connectivity index (χ3v) is 1.69. The van der Waals surface area contributed by atoms with Crippen molar-refractivity contribution in [1.29, 1.82) is 0 Å². The fourth-order valence-corrected chi connectivity index (χ4v) is 1.02. The van der Waals surface area contributed by atoms with Gasteiger partial charge in [-0.3, -0.25) is 4.79 Å². The quantitative estimate of drug-likeness (QED) is 0.650. The molecule has 1 aromatic rings. The van der Waals surface area contributed by atoms with E-state index in [1.54, 1.807) is 0 Å². The van der Waals surface area contributed by atoms with E-state index in [4.69, 9.17) is 0 Å². The first-order valence-corrected chi connectivity index (χ1v) is 4.26. The Morgan fingerprint density at radius 2 is 2.08 bits per heavy atom. The van der Waals surface area contributed by atoms with E-state index < -0.39 is 0 Å². The third kappa shape index (κ3) is 2.50. The fourth-order valence-electron chi connectivity index (χ4n) is 1.02. The van der Waals surface area contributed by atoms with Gasteiger partial charge < -0.3 is 4.90 Å². The van der Waals surface area contributed by atoms with Gasteiger partial charge in [0, 0.05) is 26.0 Å². The van der Waals surface area contributed by atoms with E-state index in [1.165, 1.54) is 12.4 Å². The molecule has 0 saturated heterocycles. The minimum Gasteiger partial charge on any atom is -0.344 e. The van der Waals surface area contributed by atoms with Crippen molar-refractivity contribution in [3.05, 3.63) is 18.0 Å². The number of rotatable bonds is 4. The molecule has 70 valence electrons. The lowest BCUT2D eigenvalue weighted by Gasteiger charge is -2.14. The molecular weight excluding hydrogens is 166 g/mol. The Bertz CT molecular complexity index is 271. The van der Waals surface area contributed by atoms with Crippen molar-refractivity contribution in [3.8, 4) is 0 Å². The monoisotopic (exact) mass is 179 g/mol. The number of anilines is 1. The van der Waals surface area contributed by atoms with Crippen LogP contribution in [0.15, 0.2) is 12.4 Å². The molecule has 0 saturated carbocycles. The molecule has 0 amide bonds. The van der Waals surface area contributed by atoms with E-state index in [1.807, 2.05) is 11.9 Å². The second kappa shape index (κ2) is 4.54. The molecule has 1 heterocycles. The number of carbonyl (C=O) groups is 1. The van der Waals surface area contributed by atoms with Crippen LogP contribution in [0.4, 0.5) is 5.95 Å². The van der Waals surface area contributed by atoms with E-state index in [0.717, 1.165) is 19.3 Å². The van der Waals surface area contributed by atoms with Crippen molar-refractivity contribution in [2.75, 3.05) is 18.5 Å². The number of nitrogens with zero attached hydrogens (tertiary/aromatic N) is 3. The third-order valence-electron chi connectivity index (χ3n) is 1.69. The van der Waals surface area contributed by atoms with Crippen molar-refractivity contribution < 1.29 is 4.79 Å². The normalized spacial score (nSPS) is 9.69. The molecule has 0 atom stereocenters. The van der Waals surface area contributed by atoms with Gasteiger partial charge in [0.1, 0.15) is 0 Å². The topological polar surface area (TPSA) is 46.1 Å². The van der Waals surface area contributed by atoms with Gasteiger partial charge in [0.25, 0.3) is 0 Å². The predicted octanol–water partition coefficient (Wildman–Crippen LogP) is 1.14. The minimum atomic E-state index is 0.508. The maximum atomic E-state index is 10.3. The SMILES string of the molecule is CCCN(C)c1ncc(C=O)cn1. The van der Waals surface area contributed by atoms with Crippen molar-refractivity contribution in [3.63, 3.8) is 0 Å². The van der Waals surface area contributed by atoms with Crippen LogP contribution in [-0.2, 0) is 0 Å². The summed E-state index contributed by atoms with van der Waals surface area (Å²) in [7, 11) is 1.93. The molecule has 1 rings (SSSR count). The smallest absolute Gasteiger partial charge is 0.225 e. The molecule has 0 aliphatic carbocycles. The summed E-state index contributed by atoms with van der Waals surface area (Å²) in [6, 6.07) is 0. The zero-order chi connectivity index (χ0) is 9.68. The van der Waals surface area contributed by atoms with E-state index in [9.17, 15) is 4.79 Å². The van der Waals surface area contributed by atoms with E-state index in [2.05, 4.69) is 16.9 Å². The number of hydrogen-bond donors (Lipinski definition) is 0. The van der Waals surface area contributed by atoms with Crippen molar-refractivity contribution in [2.24, 2.45) is 0 Å². The average Bonchev–Trinajstić information content (AvgIpc) is 2.18. The molecule has 4 nitrogen and oxygen atoms in total. The van der Waals surface area contributed by atoms with E-state index >= 15 is 0 Å². The minimum absolute atomic E-state index is 0.508. The van der Waals surface area contributed by atoms with Crippen LogP contribution in [0.3, 0.4) is 0 Å². The summed E-state index contributed by atoms with van der Waals surface area (Å²) in [4.78, 5) is 20.4. The largest absolute Gasteiger partial charge is 0.344 e. The first-order valence-electron chi connectivity index (χ1n) is 4.26. The number of hydrogen-bond acceptors (Lipinski definition) is 4. The zero-order valence-electron chi connectivity index (χ0n) is 7.90. The van der Waals surface area contributed by atoms with Gasteiger partial charge in [0.2, 0.25) is 5.95 Å². The Labute approximate surface area is 77.6 Å². The molecule has 0 N–H and O–H groups in total.